The molecule has 0 bridgehead atoms. The van der Waals surface area contributed by atoms with Crippen LogP contribution in [-0.4, -0.2) is 17.5 Å². The number of anilines is 1. The molecule has 0 spiro atoms. The molecule has 2 nitrogen and oxygen atoms in total. The highest BCUT2D eigenvalue weighted by atomic mass is 35.5. The summed E-state index contributed by atoms with van der Waals surface area (Å²) in [5.74, 6) is 0.874. The predicted molar refractivity (Wildman–Crippen MR) is 78.6 cm³/mol. The maximum atomic E-state index is 12.8. The van der Waals surface area contributed by atoms with Crippen LogP contribution in [0.1, 0.15) is 19.4 Å². The Morgan fingerprint density at radius 2 is 2.05 bits per heavy atom. The fourth-order valence-electron chi connectivity index (χ4n) is 1.66. The van der Waals surface area contributed by atoms with Gasteiger partial charge in [0.2, 0.25) is 0 Å². The second kappa shape index (κ2) is 5.48. The number of hydrogen-bond donors (Lipinski definition) is 1. The summed E-state index contributed by atoms with van der Waals surface area (Å²) in [7, 11) is 0. The van der Waals surface area contributed by atoms with Gasteiger partial charge in [0.05, 0.1) is 10.6 Å². The molecule has 0 radical (unpaired) electrons. The molecule has 7 heteroatoms. The number of hydrogen-bond acceptors (Lipinski definition) is 3. The molecule has 0 aromatic heterocycles. The summed E-state index contributed by atoms with van der Waals surface area (Å²) < 4.78 is 38.3. The van der Waals surface area contributed by atoms with E-state index in [1.54, 1.807) is 0 Å². The van der Waals surface area contributed by atoms with Gasteiger partial charge in [-0.05, 0) is 23.6 Å². The predicted octanol–water partition coefficient (Wildman–Crippen LogP) is 4.90. The van der Waals surface area contributed by atoms with Crippen LogP contribution >= 0.6 is 23.4 Å². The summed E-state index contributed by atoms with van der Waals surface area (Å²) >= 11 is 7.08. The lowest BCUT2D eigenvalue weighted by Crippen LogP contribution is -2.27. The normalized spacial score (nSPS) is 18.6. The lowest BCUT2D eigenvalue weighted by molar-refractivity contribution is -0.137. The van der Waals surface area contributed by atoms with Gasteiger partial charge < -0.3 is 5.32 Å². The van der Waals surface area contributed by atoms with Gasteiger partial charge in [0, 0.05) is 18.0 Å². The van der Waals surface area contributed by atoms with Crippen molar-refractivity contribution in [3.63, 3.8) is 0 Å². The highest BCUT2D eigenvalue weighted by molar-refractivity contribution is 8.14. The minimum absolute atomic E-state index is 0.118. The molecule has 110 valence electrons. The molecule has 1 heterocycles. The molecule has 0 saturated heterocycles. The van der Waals surface area contributed by atoms with E-state index in [4.69, 9.17) is 11.6 Å². The smallest absolute Gasteiger partial charge is 0.335 e. The molecule has 0 amide bonds. The number of rotatable bonds is 1. The first-order valence-corrected chi connectivity index (χ1v) is 7.35. The van der Waals surface area contributed by atoms with Crippen LogP contribution < -0.4 is 5.32 Å². The highest BCUT2D eigenvalue weighted by Gasteiger charge is 2.33. The van der Waals surface area contributed by atoms with Crippen molar-refractivity contribution in [3.05, 3.63) is 28.8 Å². The second-order valence-electron chi connectivity index (χ2n) is 5.39. The Bertz CT molecular complexity index is 541. The first-order valence-electron chi connectivity index (χ1n) is 5.98. The van der Waals surface area contributed by atoms with Crippen LogP contribution in [0.4, 0.5) is 18.9 Å². The van der Waals surface area contributed by atoms with Crippen LogP contribution in [0.3, 0.4) is 0 Å². The second-order valence-corrected chi connectivity index (χ2v) is 6.76. The average molecular weight is 323 g/mol. The topological polar surface area (TPSA) is 24.4 Å². The lowest BCUT2D eigenvalue weighted by atomic mass is 9.97. The Morgan fingerprint density at radius 1 is 1.35 bits per heavy atom. The van der Waals surface area contributed by atoms with Gasteiger partial charge in [-0.1, -0.05) is 37.2 Å². The van der Waals surface area contributed by atoms with Crippen molar-refractivity contribution in [3.8, 4) is 0 Å². The van der Waals surface area contributed by atoms with Crippen LogP contribution in [0.15, 0.2) is 23.2 Å². The summed E-state index contributed by atoms with van der Waals surface area (Å²) in [6.45, 7) is 4.86. The third-order valence-electron chi connectivity index (χ3n) is 2.77. The Kier molecular flexibility index (Phi) is 4.25. The molecule has 1 aliphatic rings. The zero-order valence-electron chi connectivity index (χ0n) is 11.0. The Labute approximate surface area is 124 Å². The molecule has 20 heavy (non-hydrogen) atoms. The molecule has 0 atom stereocenters. The first kappa shape index (κ1) is 15.5. The number of benzene rings is 1. The molecule has 0 aliphatic carbocycles. The van der Waals surface area contributed by atoms with E-state index in [0.717, 1.165) is 11.8 Å². The number of aliphatic imine (C=N–C) groups is 1. The van der Waals surface area contributed by atoms with Gasteiger partial charge in [-0.15, -0.1) is 0 Å². The first-order chi connectivity index (χ1) is 9.17. The van der Waals surface area contributed by atoms with Crippen molar-refractivity contribution in [2.75, 3.05) is 17.6 Å². The largest absolute Gasteiger partial charge is 0.417 e. The van der Waals surface area contributed by atoms with Gasteiger partial charge in [0.25, 0.3) is 0 Å². The van der Waals surface area contributed by atoms with Gasteiger partial charge in [0.1, 0.15) is 0 Å². The Morgan fingerprint density at radius 3 is 2.60 bits per heavy atom. The van der Waals surface area contributed by atoms with Gasteiger partial charge in [-0.2, -0.15) is 13.2 Å². The number of nitrogens with zero attached hydrogens (tertiary/aromatic N) is 1. The SMILES string of the molecule is CC1(C)CN=C(Nc2ccc(Cl)c(C(F)(F)F)c2)SC1. The average Bonchev–Trinajstić information content (AvgIpc) is 2.33. The van der Waals surface area contributed by atoms with Crippen LogP contribution in [0.2, 0.25) is 5.02 Å². The van der Waals surface area contributed by atoms with Crippen molar-refractivity contribution in [2.45, 2.75) is 20.0 Å². The summed E-state index contributed by atoms with van der Waals surface area (Å²) in [4.78, 5) is 4.35. The number of nitrogens with one attached hydrogen (secondary N) is 1. The number of halogens is 4. The minimum atomic E-state index is -4.46. The maximum Gasteiger partial charge on any atom is 0.417 e. The van der Waals surface area contributed by atoms with Crippen molar-refractivity contribution in [2.24, 2.45) is 10.4 Å². The van der Waals surface area contributed by atoms with E-state index >= 15 is 0 Å². The Hall–Kier alpha value is -0.880. The molecule has 2 rings (SSSR count). The molecular formula is C13H14ClF3N2S. The molecule has 0 saturated carbocycles. The zero-order chi connectivity index (χ0) is 15.0. The van der Waals surface area contributed by atoms with Gasteiger partial charge in [-0.3, -0.25) is 4.99 Å². The molecule has 1 aromatic carbocycles. The van der Waals surface area contributed by atoms with E-state index in [9.17, 15) is 13.2 Å². The molecule has 1 aliphatic heterocycles. The molecular weight excluding hydrogens is 309 g/mol. The van der Waals surface area contributed by atoms with Gasteiger partial charge >= 0.3 is 6.18 Å². The minimum Gasteiger partial charge on any atom is -0.335 e. The fourth-order valence-corrected chi connectivity index (χ4v) is 2.85. The summed E-state index contributed by atoms with van der Waals surface area (Å²) in [5.41, 5.74) is -0.383. The molecule has 0 unspecified atom stereocenters. The van der Waals surface area contributed by atoms with E-state index in [1.165, 1.54) is 23.9 Å². The monoisotopic (exact) mass is 322 g/mol. The van der Waals surface area contributed by atoms with Crippen LogP contribution in [0, 0.1) is 5.41 Å². The van der Waals surface area contributed by atoms with Crippen molar-refractivity contribution in [1.82, 2.24) is 0 Å². The summed E-state index contributed by atoms with van der Waals surface area (Å²) in [5, 5.41) is 3.25. The van der Waals surface area contributed by atoms with Gasteiger partial charge in [0.15, 0.2) is 5.17 Å². The molecule has 0 fully saturated rings. The fraction of sp³-hybridized carbons (Fsp3) is 0.462. The summed E-state index contributed by atoms with van der Waals surface area (Å²) in [6.07, 6.45) is -4.46. The van der Waals surface area contributed by atoms with E-state index in [1.807, 2.05) is 0 Å². The van der Waals surface area contributed by atoms with Crippen molar-refractivity contribution >= 4 is 34.2 Å². The van der Waals surface area contributed by atoms with Crippen LogP contribution in [0.5, 0.6) is 0 Å². The molecule has 1 N–H and O–H groups in total. The quantitative estimate of drug-likeness (QED) is 0.795. The standard InChI is InChI=1S/C13H14ClF3N2S/c1-12(2)6-18-11(20-7-12)19-8-3-4-10(14)9(5-8)13(15,16)17/h3-5H,6-7H2,1-2H3,(H,18,19). The van der Waals surface area contributed by atoms with E-state index in [-0.39, 0.29) is 10.4 Å². The van der Waals surface area contributed by atoms with E-state index in [0.29, 0.717) is 17.4 Å². The van der Waals surface area contributed by atoms with Crippen LogP contribution in [0.25, 0.3) is 0 Å². The number of amidine groups is 1. The van der Waals surface area contributed by atoms with Crippen molar-refractivity contribution < 1.29 is 13.2 Å². The third kappa shape index (κ3) is 3.82. The number of thioether (sulfide) groups is 1. The third-order valence-corrected chi connectivity index (χ3v) is 4.53. The maximum absolute atomic E-state index is 12.8. The highest BCUT2D eigenvalue weighted by Crippen LogP contribution is 2.36. The van der Waals surface area contributed by atoms with Crippen molar-refractivity contribution in [1.29, 1.82) is 0 Å². The summed E-state index contributed by atoms with van der Waals surface area (Å²) in [6, 6.07) is 3.76. The van der Waals surface area contributed by atoms with E-state index in [2.05, 4.69) is 24.2 Å². The lowest BCUT2D eigenvalue weighted by Gasteiger charge is -2.27. The van der Waals surface area contributed by atoms with Gasteiger partial charge in [-0.25, -0.2) is 0 Å². The Balaban J connectivity index is 2.17. The van der Waals surface area contributed by atoms with Crippen LogP contribution in [-0.2, 0) is 6.18 Å². The number of alkyl halides is 3. The van der Waals surface area contributed by atoms with E-state index < -0.39 is 11.7 Å². The zero-order valence-corrected chi connectivity index (χ0v) is 12.6. The molecule has 1 aromatic rings.